The highest BCUT2D eigenvalue weighted by Crippen LogP contribution is 2.69. The standard InChI is InChI=1S/C30H50O4/c1-26(2)21-9-7-18-15-27(3)13-11-23-28(4,14-12-24(33)30(23,6)17-31)22(27)10-8-19(18)29(21,5)16-20(32)25(26)34/h15,19-25,31-34H,7-14,16-17H2,1-6H3/t19-,20+,21-,22-,23+,24+,25+,27-,28+,29+,30+/m0/s1. The van der Waals surface area contributed by atoms with E-state index in [2.05, 4.69) is 47.6 Å². The topological polar surface area (TPSA) is 80.9 Å². The van der Waals surface area contributed by atoms with E-state index in [1.807, 2.05) is 0 Å². The lowest BCUT2D eigenvalue weighted by Crippen LogP contribution is -2.60. The maximum absolute atomic E-state index is 10.9. The summed E-state index contributed by atoms with van der Waals surface area (Å²) in [6.07, 6.45) is 10.2. The minimum atomic E-state index is -0.649. The molecule has 0 aromatic carbocycles. The van der Waals surface area contributed by atoms with Crippen LogP contribution in [0.15, 0.2) is 11.6 Å². The lowest BCUT2D eigenvalue weighted by Gasteiger charge is -2.63. The van der Waals surface area contributed by atoms with E-state index in [4.69, 9.17) is 0 Å². The molecule has 4 nitrogen and oxygen atoms in total. The van der Waals surface area contributed by atoms with Gasteiger partial charge in [-0.1, -0.05) is 53.2 Å². The van der Waals surface area contributed by atoms with Crippen molar-refractivity contribution in [2.24, 2.45) is 50.7 Å². The second-order valence-electron chi connectivity index (χ2n) is 14.9. The van der Waals surface area contributed by atoms with Gasteiger partial charge in [0.15, 0.2) is 0 Å². The van der Waals surface area contributed by atoms with E-state index in [0.717, 1.165) is 44.9 Å². The number of allylic oxidation sites excluding steroid dienone is 2. The van der Waals surface area contributed by atoms with Gasteiger partial charge in [-0.15, -0.1) is 0 Å². The minimum absolute atomic E-state index is 0.0127. The molecule has 4 N–H and O–H groups in total. The zero-order valence-corrected chi connectivity index (χ0v) is 22.5. The van der Waals surface area contributed by atoms with Gasteiger partial charge in [-0.05, 0) is 103 Å². The molecule has 0 bridgehead atoms. The summed E-state index contributed by atoms with van der Waals surface area (Å²) in [4.78, 5) is 0. The fourth-order valence-electron chi connectivity index (χ4n) is 11.1. The molecule has 34 heavy (non-hydrogen) atoms. The van der Waals surface area contributed by atoms with E-state index in [0.29, 0.717) is 30.1 Å². The first-order chi connectivity index (χ1) is 15.7. The van der Waals surface area contributed by atoms with Gasteiger partial charge in [0.1, 0.15) is 0 Å². The van der Waals surface area contributed by atoms with E-state index in [9.17, 15) is 20.4 Å². The molecule has 0 aliphatic heterocycles. The predicted molar refractivity (Wildman–Crippen MR) is 135 cm³/mol. The third-order valence-corrected chi connectivity index (χ3v) is 12.9. The Balaban J connectivity index is 1.52. The summed E-state index contributed by atoms with van der Waals surface area (Å²) in [5.41, 5.74) is 1.21. The summed E-state index contributed by atoms with van der Waals surface area (Å²) >= 11 is 0. The molecular formula is C30H50O4. The monoisotopic (exact) mass is 474 g/mol. The summed E-state index contributed by atoms with van der Waals surface area (Å²) in [6.45, 7) is 13.9. The molecule has 0 spiro atoms. The Labute approximate surface area is 207 Å². The maximum Gasteiger partial charge on any atom is 0.0852 e. The van der Waals surface area contributed by atoms with Crippen LogP contribution in [0.5, 0.6) is 0 Å². The van der Waals surface area contributed by atoms with E-state index in [1.54, 1.807) is 5.57 Å². The van der Waals surface area contributed by atoms with Crippen molar-refractivity contribution in [2.45, 2.75) is 118 Å². The van der Waals surface area contributed by atoms with Crippen molar-refractivity contribution in [1.82, 2.24) is 0 Å². The first-order valence-corrected chi connectivity index (χ1v) is 14.1. The van der Waals surface area contributed by atoms with Gasteiger partial charge in [-0.2, -0.15) is 0 Å². The average Bonchev–Trinajstić information content (AvgIpc) is 2.92. The molecule has 11 atom stereocenters. The summed E-state index contributed by atoms with van der Waals surface area (Å²) in [7, 11) is 0. The van der Waals surface area contributed by atoms with Gasteiger partial charge in [-0.25, -0.2) is 0 Å². The number of aliphatic hydroxyl groups is 4. The largest absolute Gasteiger partial charge is 0.396 e. The Morgan fingerprint density at radius 1 is 0.794 bits per heavy atom. The number of rotatable bonds is 1. The normalized spacial score (nSPS) is 56.8. The summed E-state index contributed by atoms with van der Waals surface area (Å²) in [5.74, 6) is 1.78. The van der Waals surface area contributed by atoms with Crippen LogP contribution >= 0.6 is 0 Å². The van der Waals surface area contributed by atoms with Crippen LogP contribution in [-0.4, -0.2) is 45.3 Å². The van der Waals surface area contributed by atoms with Crippen molar-refractivity contribution < 1.29 is 20.4 Å². The first-order valence-electron chi connectivity index (χ1n) is 14.1. The molecule has 0 aromatic rings. The molecule has 4 heteroatoms. The van der Waals surface area contributed by atoms with Crippen molar-refractivity contribution in [3.05, 3.63) is 11.6 Å². The maximum atomic E-state index is 10.9. The SMILES string of the molecule is CC1(C)[C@H](O)[C@H](O)C[C@]2(C)[C@H]3CC[C@@H]4[C@@]5(C)CC[C@@H](O)[C@](C)(CO)[C@@H]5CC[C@@]4(C)C=C3CC[C@@H]12. The molecule has 0 aromatic heterocycles. The smallest absolute Gasteiger partial charge is 0.0852 e. The second kappa shape index (κ2) is 7.79. The van der Waals surface area contributed by atoms with Gasteiger partial charge < -0.3 is 20.4 Å². The zero-order valence-electron chi connectivity index (χ0n) is 22.5. The fraction of sp³-hybridized carbons (Fsp3) is 0.933. The van der Waals surface area contributed by atoms with Crippen molar-refractivity contribution in [3.8, 4) is 0 Å². The number of aliphatic hydroxyl groups excluding tert-OH is 4. The average molecular weight is 475 g/mol. The Morgan fingerprint density at radius 2 is 1.50 bits per heavy atom. The van der Waals surface area contributed by atoms with Crippen LogP contribution in [0.1, 0.15) is 99.3 Å². The molecule has 0 unspecified atom stereocenters. The highest BCUT2D eigenvalue weighted by molar-refractivity contribution is 5.27. The number of fused-ring (bicyclic) bond motifs is 6. The Hall–Kier alpha value is -0.420. The van der Waals surface area contributed by atoms with Gasteiger partial charge in [-0.3, -0.25) is 0 Å². The van der Waals surface area contributed by atoms with Crippen molar-refractivity contribution >= 4 is 0 Å². The molecule has 0 amide bonds. The molecule has 5 rings (SSSR count). The molecule has 0 heterocycles. The summed E-state index contributed by atoms with van der Waals surface area (Å²) in [5, 5.41) is 43.1. The molecule has 4 fully saturated rings. The molecule has 5 aliphatic rings. The van der Waals surface area contributed by atoms with Gasteiger partial charge in [0.25, 0.3) is 0 Å². The van der Waals surface area contributed by atoms with Crippen molar-refractivity contribution in [3.63, 3.8) is 0 Å². The Morgan fingerprint density at radius 3 is 2.18 bits per heavy atom. The van der Waals surface area contributed by atoms with E-state index < -0.39 is 23.7 Å². The van der Waals surface area contributed by atoms with Gasteiger partial charge >= 0.3 is 0 Å². The lowest BCUT2D eigenvalue weighted by molar-refractivity contribution is -0.186. The number of hydrogen-bond donors (Lipinski definition) is 4. The number of hydrogen-bond acceptors (Lipinski definition) is 4. The fourth-order valence-corrected chi connectivity index (χ4v) is 11.1. The highest BCUT2D eigenvalue weighted by atomic mass is 16.3. The van der Waals surface area contributed by atoms with E-state index >= 15 is 0 Å². The van der Waals surface area contributed by atoms with E-state index in [-0.39, 0.29) is 28.3 Å². The van der Waals surface area contributed by atoms with Crippen LogP contribution in [0, 0.1) is 50.7 Å². The highest BCUT2D eigenvalue weighted by Gasteiger charge is 2.64. The Kier molecular flexibility index (Phi) is 5.78. The molecule has 194 valence electrons. The minimum Gasteiger partial charge on any atom is -0.396 e. The predicted octanol–water partition coefficient (Wildman–Crippen LogP) is 5.08. The molecule has 0 radical (unpaired) electrons. The molecule has 4 saturated carbocycles. The van der Waals surface area contributed by atoms with Crippen LogP contribution in [0.3, 0.4) is 0 Å². The third-order valence-electron chi connectivity index (χ3n) is 12.9. The van der Waals surface area contributed by atoms with Gasteiger partial charge in [0.2, 0.25) is 0 Å². The molecular weight excluding hydrogens is 424 g/mol. The van der Waals surface area contributed by atoms with Crippen LogP contribution < -0.4 is 0 Å². The lowest BCUT2D eigenvalue weighted by atomic mass is 9.42. The van der Waals surface area contributed by atoms with Gasteiger partial charge in [0.05, 0.1) is 24.9 Å². The van der Waals surface area contributed by atoms with Crippen LogP contribution in [0.25, 0.3) is 0 Å². The van der Waals surface area contributed by atoms with Gasteiger partial charge in [0, 0.05) is 5.41 Å². The zero-order chi connectivity index (χ0) is 24.9. The Bertz CT molecular complexity index is 851. The molecule has 0 saturated heterocycles. The molecule has 5 aliphatic carbocycles. The summed E-state index contributed by atoms with van der Waals surface area (Å²) < 4.78 is 0. The summed E-state index contributed by atoms with van der Waals surface area (Å²) in [6, 6.07) is 0. The first kappa shape index (κ1) is 25.2. The second-order valence-corrected chi connectivity index (χ2v) is 14.9. The van der Waals surface area contributed by atoms with Crippen LogP contribution in [-0.2, 0) is 0 Å². The quantitative estimate of drug-likeness (QED) is 0.399. The van der Waals surface area contributed by atoms with Crippen LogP contribution in [0.4, 0.5) is 0 Å². The van der Waals surface area contributed by atoms with Crippen LogP contribution in [0.2, 0.25) is 0 Å². The van der Waals surface area contributed by atoms with Crippen molar-refractivity contribution in [1.29, 1.82) is 0 Å². The van der Waals surface area contributed by atoms with E-state index in [1.165, 1.54) is 6.42 Å². The third kappa shape index (κ3) is 3.17. The van der Waals surface area contributed by atoms with Crippen molar-refractivity contribution in [2.75, 3.05) is 6.61 Å².